The molecule has 0 aliphatic carbocycles. The molecule has 1 unspecified atom stereocenters. The topological polar surface area (TPSA) is 43.8 Å². The van der Waals surface area contributed by atoms with Gasteiger partial charge in [-0.15, -0.1) is 0 Å². The van der Waals surface area contributed by atoms with Crippen LogP contribution >= 0.6 is 0 Å². The van der Waals surface area contributed by atoms with Gasteiger partial charge in [0.15, 0.2) is 0 Å². The fraction of sp³-hybridized carbons (Fsp3) is 0.500. The van der Waals surface area contributed by atoms with Crippen molar-refractivity contribution in [3.8, 4) is 0 Å². The number of rotatable bonds is 4. The monoisotopic (exact) mass is 231 g/mol. The van der Waals surface area contributed by atoms with E-state index in [1.165, 1.54) is 16.6 Å². The summed E-state index contributed by atoms with van der Waals surface area (Å²) in [7, 11) is 2.00. The van der Waals surface area contributed by atoms with Crippen molar-refractivity contribution in [2.75, 3.05) is 6.54 Å². The van der Waals surface area contributed by atoms with Gasteiger partial charge in [0.05, 0.1) is 11.2 Å². The van der Waals surface area contributed by atoms with Gasteiger partial charge in [0.1, 0.15) is 0 Å². The molecule has 1 atom stereocenters. The first-order valence-electron chi connectivity index (χ1n) is 6.24. The smallest absolute Gasteiger partial charge is 0.0706 e. The first-order chi connectivity index (χ1) is 8.13. The number of benzene rings is 1. The fourth-order valence-electron chi connectivity index (χ4n) is 2.28. The Labute approximate surface area is 103 Å². The van der Waals surface area contributed by atoms with Crippen molar-refractivity contribution in [3.63, 3.8) is 0 Å². The minimum Gasteiger partial charge on any atom is -0.330 e. The molecule has 0 aliphatic heterocycles. The minimum absolute atomic E-state index is 0.508. The zero-order valence-electron chi connectivity index (χ0n) is 10.9. The highest BCUT2D eigenvalue weighted by atomic mass is 15.3. The lowest BCUT2D eigenvalue weighted by Crippen LogP contribution is -2.22. The third kappa shape index (κ3) is 2.34. The lowest BCUT2D eigenvalue weighted by Gasteiger charge is -2.17. The molecule has 1 aromatic heterocycles. The largest absolute Gasteiger partial charge is 0.330 e. The Morgan fingerprint density at radius 2 is 2.00 bits per heavy atom. The molecule has 1 aromatic carbocycles. The van der Waals surface area contributed by atoms with Crippen LogP contribution in [0, 0.1) is 11.8 Å². The first-order valence-corrected chi connectivity index (χ1v) is 6.24. The average molecular weight is 231 g/mol. The van der Waals surface area contributed by atoms with Crippen LogP contribution in [0.2, 0.25) is 0 Å². The molecule has 2 rings (SSSR count). The van der Waals surface area contributed by atoms with E-state index in [-0.39, 0.29) is 0 Å². The normalized spacial score (nSPS) is 13.5. The van der Waals surface area contributed by atoms with Crippen molar-refractivity contribution in [2.45, 2.75) is 20.3 Å². The molecule has 0 amide bonds. The van der Waals surface area contributed by atoms with E-state index in [2.05, 4.69) is 43.2 Å². The van der Waals surface area contributed by atoms with Crippen LogP contribution in [0.4, 0.5) is 0 Å². The SMILES string of the molecule is CC(C)C(CN)Cc1nn(C)c2ccccc12. The van der Waals surface area contributed by atoms with Crippen molar-refractivity contribution in [1.82, 2.24) is 9.78 Å². The maximum absolute atomic E-state index is 5.84. The second kappa shape index (κ2) is 4.88. The number of hydrogen-bond donors (Lipinski definition) is 1. The highest BCUT2D eigenvalue weighted by Gasteiger charge is 2.16. The van der Waals surface area contributed by atoms with E-state index in [9.17, 15) is 0 Å². The maximum atomic E-state index is 5.84. The molecular formula is C14H21N3. The van der Waals surface area contributed by atoms with Crippen LogP contribution in [-0.2, 0) is 13.5 Å². The molecule has 3 nitrogen and oxygen atoms in total. The van der Waals surface area contributed by atoms with Gasteiger partial charge >= 0.3 is 0 Å². The fourth-order valence-corrected chi connectivity index (χ4v) is 2.28. The second-order valence-corrected chi connectivity index (χ2v) is 5.03. The standard InChI is InChI=1S/C14H21N3/c1-10(2)11(9-15)8-13-12-6-4-5-7-14(12)17(3)16-13/h4-7,10-11H,8-9,15H2,1-3H3. The van der Waals surface area contributed by atoms with Gasteiger partial charge in [0.25, 0.3) is 0 Å². The Morgan fingerprint density at radius 1 is 1.29 bits per heavy atom. The molecule has 2 aromatic rings. The van der Waals surface area contributed by atoms with Gasteiger partial charge in [-0.25, -0.2) is 0 Å². The molecule has 0 aliphatic rings. The van der Waals surface area contributed by atoms with Gasteiger partial charge in [-0.3, -0.25) is 4.68 Å². The van der Waals surface area contributed by atoms with E-state index in [1.807, 2.05) is 11.7 Å². The van der Waals surface area contributed by atoms with Crippen LogP contribution in [0.3, 0.4) is 0 Å². The third-order valence-corrected chi connectivity index (χ3v) is 3.54. The number of nitrogens with two attached hydrogens (primary N) is 1. The van der Waals surface area contributed by atoms with Gasteiger partial charge in [-0.2, -0.15) is 5.10 Å². The molecule has 0 radical (unpaired) electrons. The molecule has 0 bridgehead atoms. The van der Waals surface area contributed by atoms with Crippen LogP contribution < -0.4 is 5.73 Å². The quantitative estimate of drug-likeness (QED) is 0.877. The Balaban J connectivity index is 2.36. The highest BCUT2D eigenvalue weighted by Crippen LogP contribution is 2.22. The molecular weight excluding hydrogens is 210 g/mol. The van der Waals surface area contributed by atoms with Crippen LogP contribution in [0.1, 0.15) is 19.5 Å². The van der Waals surface area contributed by atoms with E-state index in [0.29, 0.717) is 11.8 Å². The number of para-hydroxylation sites is 1. The molecule has 0 spiro atoms. The summed E-state index contributed by atoms with van der Waals surface area (Å²) in [6.45, 7) is 5.17. The van der Waals surface area contributed by atoms with E-state index >= 15 is 0 Å². The van der Waals surface area contributed by atoms with Gasteiger partial charge in [0.2, 0.25) is 0 Å². The number of aromatic nitrogens is 2. The van der Waals surface area contributed by atoms with Crippen LogP contribution in [0.15, 0.2) is 24.3 Å². The maximum Gasteiger partial charge on any atom is 0.0706 e. The van der Waals surface area contributed by atoms with Crippen molar-refractivity contribution in [2.24, 2.45) is 24.6 Å². The zero-order chi connectivity index (χ0) is 12.4. The lowest BCUT2D eigenvalue weighted by molar-refractivity contribution is 0.388. The Kier molecular flexibility index (Phi) is 3.48. The summed E-state index contributed by atoms with van der Waals surface area (Å²) in [5.74, 6) is 1.11. The van der Waals surface area contributed by atoms with Gasteiger partial charge < -0.3 is 5.73 Å². The molecule has 92 valence electrons. The van der Waals surface area contributed by atoms with E-state index in [4.69, 9.17) is 5.73 Å². The molecule has 0 fully saturated rings. The molecule has 0 saturated heterocycles. The van der Waals surface area contributed by atoms with Gasteiger partial charge in [0, 0.05) is 12.4 Å². The summed E-state index contributed by atoms with van der Waals surface area (Å²) in [4.78, 5) is 0. The number of nitrogens with zero attached hydrogens (tertiary/aromatic N) is 2. The molecule has 1 heterocycles. The molecule has 0 saturated carbocycles. The second-order valence-electron chi connectivity index (χ2n) is 5.03. The van der Waals surface area contributed by atoms with Crippen molar-refractivity contribution in [1.29, 1.82) is 0 Å². The lowest BCUT2D eigenvalue weighted by atomic mass is 9.90. The first kappa shape index (κ1) is 12.1. The van der Waals surface area contributed by atoms with Crippen LogP contribution in [0.25, 0.3) is 10.9 Å². The number of aryl methyl sites for hydroxylation is 1. The Bertz CT molecular complexity index is 499. The third-order valence-electron chi connectivity index (χ3n) is 3.54. The van der Waals surface area contributed by atoms with Gasteiger partial charge in [-0.05, 0) is 30.9 Å². The number of hydrogen-bond acceptors (Lipinski definition) is 2. The van der Waals surface area contributed by atoms with Crippen LogP contribution in [-0.4, -0.2) is 16.3 Å². The molecule has 17 heavy (non-hydrogen) atoms. The van der Waals surface area contributed by atoms with Crippen molar-refractivity contribution >= 4 is 10.9 Å². The zero-order valence-corrected chi connectivity index (χ0v) is 10.9. The summed E-state index contributed by atoms with van der Waals surface area (Å²) in [5, 5.41) is 5.88. The Hall–Kier alpha value is -1.35. The summed E-state index contributed by atoms with van der Waals surface area (Å²) in [6.07, 6.45) is 0.968. The van der Waals surface area contributed by atoms with E-state index in [1.54, 1.807) is 0 Å². The highest BCUT2D eigenvalue weighted by molar-refractivity contribution is 5.81. The molecule has 2 N–H and O–H groups in total. The Morgan fingerprint density at radius 3 is 2.65 bits per heavy atom. The summed E-state index contributed by atoms with van der Waals surface area (Å²) in [6, 6.07) is 8.38. The van der Waals surface area contributed by atoms with E-state index < -0.39 is 0 Å². The predicted molar refractivity (Wildman–Crippen MR) is 71.8 cm³/mol. The number of fused-ring (bicyclic) bond motifs is 1. The van der Waals surface area contributed by atoms with E-state index in [0.717, 1.165) is 13.0 Å². The molecule has 3 heteroatoms. The predicted octanol–water partition coefficient (Wildman–Crippen LogP) is 2.35. The summed E-state index contributed by atoms with van der Waals surface area (Å²) < 4.78 is 1.96. The van der Waals surface area contributed by atoms with Crippen LogP contribution in [0.5, 0.6) is 0 Å². The minimum atomic E-state index is 0.508. The summed E-state index contributed by atoms with van der Waals surface area (Å²) >= 11 is 0. The average Bonchev–Trinajstić information content (AvgIpc) is 2.63. The van der Waals surface area contributed by atoms with Crippen molar-refractivity contribution in [3.05, 3.63) is 30.0 Å². The summed E-state index contributed by atoms with van der Waals surface area (Å²) in [5.41, 5.74) is 8.21. The van der Waals surface area contributed by atoms with Crippen molar-refractivity contribution < 1.29 is 0 Å². The van der Waals surface area contributed by atoms with Gasteiger partial charge in [-0.1, -0.05) is 32.0 Å².